The topological polar surface area (TPSA) is 52.6 Å². The fourth-order valence-corrected chi connectivity index (χ4v) is 2.56. The molecule has 4 nitrogen and oxygen atoms in total. The highest BCUT2D eigenvalue weighted by Crippen LogP contribution is 2.26. The van der Waals surface area contributed by atoms with Gasteiger partial charge in [-0.1, -0.05) is 20.8 Å². The Morgan fingerprint density at radius 2 is 2.22 bits per heavy atom. The summed E-state index contributed by atoms with van der Waals surface area (Å²) in [5, 5.41) is 12.2. The van der Waals surface area contributed by atoms with Gasteiger partial charge >= 0.3 is 0 Å². The third-order valence-electron chi connectivity index (χ3n) is 3.57. The minimum atomic E-state index is 0.0265. The van der Waals surface area contributed by atoms with E-state index < -0.39 is 0 Å². The van der Waals surface area contributed by atoms with Gasteiger partial charge in [0.05, 0.1) is 6.04 Å². The molecule has 0 bridgehead atoms. The Morgan fingerprint density at radius 1 is 1.50 bits per heavy atom. The van der Waals surface area contributed by atoms with Crippen molar-refractivity contribution in [3.63, 3.8) is 0 Å². The van der Waals surface area contributed by atoms with E-state index in [0.717, 1.165) is 45.3 Å². The van der Waals surface area contributed by atoms with Crippen molar-refractivity contribution in [2.24, 2.45) is 5.41 Å². The molecular weight excluding hydrogens is 228 g/mol. The molecular formula is C14H28N2O2. The van der Waals surface area contributed by atoms with Gasteiger partial charge in [-0.3, -0.25) is 4.79 Å². The average Bonchev–Trinajstić information content (AvgIpc) is 2.65. The number of nitrogens with one attached hydrogen (secondary N) is 1. The molecule has 1 aliphatic heterocycles. The van der Waals surface area contributed by atoms with Crippen LogP contribution in [0.5, 0.6) is 0 Å². The molecule has 1 saturated heterocycles. The predicted molar refractivity (Wildman–Crippen MR) is 73.4 cm³/mol. The van der Waals surface area contributed by atoms with Crippen molar-refractivity contribution in [3.05, 3.63) is 0 Å². The summed E-state index contributed by atoms with van der Waals surface area (Å²) in [7, 11) is 0. The third-order valence-corrected chi connectivity index (χ3v) is 3.57. The largest absolute Gasteiger partial charge is 0.396 e. The lowest BCUT2D eigenvalue weighted by Crippen LogP contribution is -2.41. The highest BCUT2D eigenvalue weighted by Gasteiger charge is 2.34. The summed E-state index contributed by atoms with van der Waals surface area (Å²) in [4.78, 5) is 14.2. The maximum absolute atomic E-state index is 12.2. The van der Waals surface area contributed by atoms with Gasteiger partial charge in [-0.2, -0.15) is 0 Å². The van der Waals surface area contributed by atoms with Crippen molar-refractivity contribution >= 4 is 5.91 Å². The molecule has 0 aromatic carbocycles. The number of aliphatic hydroxyl groups is 1. The normalized spacial score (nSPS) is 20.8. The zero-order chi connectivity index (χ0) is 13.6. The molecule has 1 aliphatic rings. The van der Waals surface area contributed by atoms with Crippen LogP contribution in [0.25, 0.3) is 0 Å². The van der Waals surface area contributed by atoms with E-state index in [0.29, 0.717) is 0 Å². The summed E-state index contributed by atoms with van der Waals surface area (Å²) in [6.45, 7) is 9.27. The van der Waals surface area contributed by atoms with Gasteiger partial charge in [0.1, 0.15) is 0 Å². The Morgan fingerprint density at radius 3 is 2.83 bits per heavy atom. The second-order valence-electron chi connectivity index (χ2n) is 6.05. The van der Waals surface area contributed by atoms with E-state index in [1.807, 2.05) is 4.90 Å². The zero-order valence-corrected chi connectivity index (χ0v) is 12.0. The van der Waals surface area contributed by atoms with Gasteiger partial charge in [-0.15, -0.1) is 0 Å². The van der Waals surface area contributed by atoms with Crippen LogP contribution >= 0.6 is 0 Å². The lowest BCUT2D eigenvalue weighted by Gasteiger charge is -2.30. The average molecular weight is 256 g/mol. The first kappa shape index (κ1) is 15.4. The molecule has 0 aromatic rings. The van der Waals surface area contributed by atoms with Gasteiger partial charge in [0.15, 0.2) is 0 Å². The van der Waals surface area contributed by atoms with Crippen molar-refractivity contribution in [1.29, 1.82) is 0 Å². The SMILES string of the molecule is CCCNC1CCN(CC(C)(C)CCCO)C1=O. The number of rotatable bonds is 8. The summed E-state index contributed by atoms with van der Waals surface area (Å²) < 4.78 is 0. The molecule has 1 unspecified atom stereocenters. The van der Waals surface area contributed by atoms with Crippen LogP contribution in [0.1, 0.15) is 46.5 Å². The third kappa shape index (κ3) is 4.58. The van der Waals surface area contributed by atoms with Crippen LogP contribution in [0.4, 0.5) is 0 Å². The smallest absolute Gasteiger partial charge is 0.239 e. The molecule has 0 radical (unpaired) electrons. The van der Waals surface area contributed by atoms with Crippen LogP contribution in [0.15, 0.2) is 0 Å². The number of aliphatic hydroxyl groups excluding tert-OH is 1. The number of nitrogens with zero attached hydrogens (tertiary/aromatic N) is 1. The van der Waals surface area contributed by atoms with E-state index in [4.69, 9.17) is 5.11 Å². The highest BCUT2D eigenvalue weighted by molar-refractivity contribution is 5.84. The number of likely N-dealkylation sites (tertiary alicyclic amines) is 1. The van der Waals surface area contributed by atoms with E-state index in [1.165, 1.54) is 0 Å². The van der Waals surface area contributed by atoms with Crippen molar-refractivity contribution < 1.29 is 9.90 Å². The van der Waals surface area contributed by atoms with Gasteiger partial charge < -0.3 is 15.3 Å². The Kier molecular flexibility index (Phi) is 6.09. The predicted octanol–water partition coefficient (Wildman–Crippen LogP) is 1.39. The lowest BCUT2D eigenvalue weighted by molar-refractivity contribution is -0.130. The molecule has 0 aliphatic carbocycles. The number of carbonyl (C=O) groups excluding carboxylic acids is 1. The first-order chi connectivity index (χ1) is 8.50. The maximum Gasteiger partial charge on any atom is 0.239 e. The standard InChI is InChI=1S/C14H28N2O2/c1-4-8-15-12-6-9-16(13(12)18)11-14(2,3)7-5-10-17/h12,15,17H,4-11H2,1-3H3. The van der Waals surface area contributed by atoms with Crippen LogP contribution < -0.4 is 5.32 Å². The van der Waals surface area contributed by atoms with Crippen molar-refractivity contribution in [2.75, 3.05) is 26.2 Å². The minimum Gasteiger partial charge on any atom is -0.396 e. The number of hydrogen-bond acceptors (Lipinski definition) is 3. The summed E-state index contributed by atoms with van der Waals surface area (Å²) in [5.41, 5.74) is 0.0953. The van der Waals surface area contributed by atoms with E-state index in [1.54, 1.807) is 0 Å². The maximum atomic E-state index is 12.2. The van der Waals surface area contributed by atoms with Gasteiger partial charge in [0.2, 0.25) is 5.91 Å². The van der Waals surface area contributed by atoms with E-state index in [2.05, 4.69) is 26.1 Å². The van der Waals surface area contributed by atoms with Gasteiger partial charge in [-0.05, 0) is 37.6 Å². The van der Waals surface area contributed by atoms with Crippen molar-refractivity contribution in [3.8, 4) is 0 Å². The van der Waals surface area contributed by atoms with E-state index >= 15 is 0 Å². The lowest BCUT2D eigenvalue weighted by atomic mass is 9.87. The molecule has 2 N–H and O–H groups in total. The molecule has 1 atom stereocenters. The number of amides is 1. The first-order valence-corrected chi connectivity index (χ1v) is 7.13. The molecule has 4 heteroatoms. The van der Waals surface area contributed by atoms with Gasteiger partial charge in [-0.25, -0.2) is 0 Å². The second kappa shape index (κ2) is 7.10. The second-order valence-corrected chi connectivity index (χ2v) is 6.05. The highest BCUT2D eigenvalue weighted by atomic mass is 16.3. The van der Waals surface area contributed by atoms with E-state index in [-0.39, 0.29) is 24.0 Å². The fraction of sp³-hybridized carbons (Fsp3) is 0.929. The molecule has 18 heavy (non-hydrogen) atoms. The fourth-order valence-electron chi connectivity index (χ4n) is 2.56. The van der Waals surface area contributed by atoms with Crippen molar-refractivity contribution in [2.45, 2.75) is 52.5 Å². The first-order valence-electron chi connectivity index (χ1n) is 7.13. The van der Waals surface area contributed by atoms with Crippen LogP contribution in [0.2, 0.25) is 0 Å². The van der Waals surface area contributed by atoms with Crippen LogP contribution in [-0.2, 0) is 4.79 Å². The molecule has 1 heterocycles. The number of carbonyl (C=O) groups is 1. The molecule has 1 fully saturated rings. The van der Waals surface area contributed by atoms with Gasteiger partial charge in [0.25, 0.3) is 0 Å². The summed E-state index contributed by atoms with van der Waals surface area (Å²) >= 11 is 0. The molecule has 0 spiro atoms. The Bertz CT molecular complexity index is 267. The van der Waals surface area contributed by atoms with Crippen LogP contribution in [0.3, 0.4) is 0 Å². The number of hydrogen-bond donors (Lipinski definition) is 2. The molecule has 1 amide bonds. The van der Waals surface area contributed by atoms with Crippen LogP contribution in [-0.4, -0.2) is 48.2 Å². The Hall–Kier alpha value is -0.610. The Labute approximate surface area is 111 Å². The molecule has 0 saturated carbocycles. The zero-order valence-electron chi connectivity index (χ0n) is 12.0. The molecule has 1 rings (SSSR count). The van der Waals surface area contributed by atoms with Gasteiger partial charge in [0, 0.05) is 19.7 Å². The summed E-state index contributed by atoms with van der Waals surface area (Å²) in [6, 6.07) is 0.0265. The summed E-state index contributed by atoms with van der Waals surface area (Å²) in [6.07, 6.45) is 3.76. The Balaban J connectivity index is 2.41. The van der Waals surface area contributed by atoms with Crippen molar-refractivity contribution in [1.82, 2.24) is 10.2 Å². The quantitative estimate of drug-likeness (QED) is 0.690. The summed E-state index contributed by atoms with van der Waals surface area (Å²) in [5.74, 6) is 0.250. The molecule has 106 valence electrons. The minimum absolute atomic E-state index is 0.0265. The molecule has 0 aromatic heterocycles. The van der Waals surface area contributed by atoms with E-state index in [9.17, 15) is 4.79 Å². The van der Waals surface area contributed by atoms with Crippen LogP contribution in [0, 0.1) is 5.41 Å². The monoisotopic (exact) mass is 256 g/mol.